The van der Waals surface area contributed by atoms with Gasteiger partial charge in [-0.15, -0.1) is 0 Å². The third-order valence-corrected chi connectivity index (χ3v) is 6.24. The first kappa shape index (κ1) is 15.2. The summed E-state index contributed by atoms with van der Waals surface area (Å²) in [5.41, 5.74) is 8.58. The SMILES string of the molecule is CCc1nn(CC)c(CC(N)C2(C)CCCS2)c1Cl. The average molecular weight is 302 g/mol. The number of halogens is 1. The lowest BCUT2D eigenvalue weighted by atomic mass is 9.93. The van der Waals surface area contributed by atoms with E-state index in [1.54, 1.807) is 0 Å². The Morgan fingerprint density at radius 2 is 2.26 bits per heavy atom. The summed E-state index contributed by atoms with van der Waals surface area (Å²) in [6, 6.07) is 0.143. The molecule has 2 atom stereocenters. The van der Waals surface area contributed by atoms with Crippen molar-refractivity contribution in [1.29, 1.82) is 0 Å². The van der Waals surface area contributed by atoms with E-state index in [-0.39, 0.29) is 10.8 Å². The van der Waals surface area contributed by atoms with Crippen LogP contribution in [0.2, 0.25) is 5.02 Å². The van der Waals surface area contributed by atoms with Gasteiger partial charge < -0.3 is 5.73 Å². The smallest absolute Gasteiger partial charge is 0.0850 e. The van der Waals surface area contributed by atoms with Crippen LogP contribution in [-0.4, -0.2) is 26.3 Å². The molecule has 0 aromatic carbocycles. The van der Waals surface area contributed by atoms with Crippen LogP contribution in [0.3, 0.4) is 0 Å². The minimum absolute atomic E-state index is 0.143. The highest BCUT2D eigenvalue weighted by atomic mass is 35.5. The van der Waals surface area contributed by atoms with Gasteiger partial charge in [-0.2, -0.15) is 16.9 Å². The van der Waals surface area contributed by atoms with Gasteiger partial charge in [-0.05, 0) is 38.9 Å². The predicted molar refractivity (Wildman–Crippen MR) is 84.1 cm³/mol. The fraction of sp³-hybridized carbons (Fsp3) is 0.786. The lowest BCUT2D eigenvalue weighted by Crippen LogP contribution is -2.43. The lowest BCUT2D eigenvalue weighted by molar-refractivity contribution is 0.466. The number of thioether (sulfide) groups is 1. The lowest BCUT2D eigenvalue weighted by Gasteiger charge is -2.30. The molecule has 2 rings (SSSR count). The van der Waals surface area contributed by atoms with Crippen LogP contribution in [0.25, 0.3) is 0 Å². The van der Waals surface area contributed by atoms with E-state index in [1.165, 1.54) is 18.6 Å². The minimum Gasteiger partial charge on any atom is -0.326 e. The zero-order valence-electron chi connectivity index (χ0n) is 12.1. The van der Waals surface area contributed by atoms with Gasteiger partial charge in [-0.25, -0.2) is 0 Å². The molecule has 1 fully saturated rings. The molecule has 5 heteroatoms. The van der Waals surface area contributed by atoms with Gasteiger partial charge in [0.25, 0.3) is 0 Å². The maximum atomic E-state index is 6.47. The van der Waals surface area contributed by atoms with E-state index in [0.29, 0.717) is 0 Å². The van der Waals surface area contributed by atoms with Crippen LogP contribution in [0.4, 0.5) is 0 Å². The molecule has 0 aliphatic carbocycles. The van der Waals surface area contributed by atoms with Crippen LogP contribution in [0.1, 0.15) is 45.0 Å². The van der Waals surface area contributed by atoms with Crippen molar-refractivity contribution in [3.8, 4) is 0 Å². The topological polar surface area (TPSA) is 43.8 Å². The van der Waals surface area contributed by atoms with E-state index in [2.05, 4.69) is 25.9 Å². The van der Waals surface area contributed by atoms with E-state index < -0.39 is 0 Å². The van der Waals surface area contributed by atoms with Gasteiger partial charge in [-0.3, -0.25) is 4.68 Å². The second-order valence-electron chi connectivity index (χ2n) is 5.45. The van der Waals surface area contributed by atoms with Crippen molar-refractivity contribution >= 4 is 23.4 Å². The fourth-order valence-electron chi connectivity index (χ4n) is 2.73. The van der Waals surface area contributed by atoms with E-state index in [4.69, 9.17) is 17.3 Å². The third kappa shape index (κ3) is 2.96. The number of rotatable bonds is 5. The molecule has 108 valence electrons. The van der Waals surface area contributed by atoms with Crippen LogP contribution in [0.5, 0.6) is 0 Å². The molecule has 2 heterocycles. The molecule has 0 saturated carbocycles. The highest BCUT2D eigenvalue weighted by molar-refractivity contribution is 8.00. The highest BCUT2D eigenvalue weighted by Crippen LogP contribution is 2.41. The van der Waals surface area contributed by atoms with Gasteiger partial charge in [0.1, 0.15) is 0 Å². The molecular weight excluding hydrogens is 278 g/mol. The monoisotopic (exact) mass is 301 g/mol. The number of nitrogens with two attached hydrogens (primary N) is 1. The Morgan fingerprint density at radius 3 is 2.79 bits per heavy atom. The summed E-state index contributed by atoms with van der Waals surface area (Å²) >= 11 is 8.47. The zero-order chi connectivity index (χ0) is 14.0. The summed E-state index contributed by atoms with van der Waals surface area (Å²) < 4.78 is 2.21. The van der Waals surface area contributed by atoms with E-state index in [0.717, 1.165) is 35.8 Å². The molecule has 1 aliphatic heterocycles. The van der Waals surface area contributed by atoms with Crippen LogP contribution < -0.4 is 5.73 Å². The van der Waals surface area contributed by atoms with Gasteiger partial charge in [0.15, 0.2) is 0 Å². The Kier molecular flexibility index (Phi) is 4.85. The molecule has 19 heavy (non-hydrogen) atoms. The van der Waals surface area contributed by atoms with Crippen molar-refractivity contribution in [2.24, 2.45) is 5.73 Å². The maximum Gasteiger partial charge on any atom is 0.0850 e. The number of hydrogen-bond acceptors (Lipinski definition) is 3. The summed E-state index contributed by atoms with van der Waals surface area (Å²) in [4.78, 5) is 0. The molecule has 2 N–H and O–H groups in total. The number of aryl methyl sites for hydroxylation is 2. The van der Waals surface area contributed by atoms with E-state index in [9.17, 15) is 0 Å². The van der Waals surface area contributed by atoms with Gasteiger partial charge >= 0.3 is 0 Å². The van der Waals surface area contributed by atoms with Gasteiger partial charge in [-0.1, -0.05) is 18.5 Å². The largest absolute Gasteiger partial charge is 0.326 e. The van der Waals surface area contributed by atoms with Crippen LogP contribution in [0.15, 0.2) is 0 Å². The first-order valence-corrected chi connectivity index (χ1v) is 8.51. The molecule has 2 unspecified atom stereocenters. The van der Waals surface area contributed by atoms with Crippen molar-refractivity contribution in [2.45, 2.75) is 63.8 Å². The quantitative estimate of drug-likeness (QED) is 0.908. The number of nitrogens with zero attached hydrogens (tertiary/aromatic N) is 2. The molecule has 0 bridgehead atoms. The average Bonchev–Trinajstić information content (AvgIpc) is 2.96. The van der Waals surface area contributed by atoms with Crippen LogP contribution in [0, 0.1) is 0 Å². The standard InChI is InChI=1S/C14H24ClN3S/c1-4-10-13(15)11(18(5-2)17-10)9-12(16)14(3)7-6-8-19-14/h12H,4-9,16H2,1-3H3. The summed E-state index contributed by atoms with van der Waals surface area (Å²) in [6.07, 6.45) is 4.18. The molecule has 0 amide bonds. The molecule has 1 aromatic rings. The molecule has 0 radical (unpaired) electrons. The second kappa shape index (κ2) is 6.06. The summed E-state index contributed by atoms with van der Waals surface area (Å²) in [7, 11) is 0. The Bertz CT molecular complexity index is 438. The van der Waals surface area contributed by atoms with Crippen LogP contribution >= 0.6 is 23.4 Å². The van der Waals surface area contributed by atoms with Crippen molar-refractivity contribution < 1.29 is 0 Å². The molecule has 1 aromatic heterocycles. The van der Waals surface area contributed by atoms with Crippen molar-refractivity contribution in [1.82, 2.24) is 9.78 Å². The van der Waals surface area contributed by atoms with Crippen molar-refractivity contribution in [3.05, 3.63) is 16.4 Å². The van der Waals surface area contributed by atoms with Gasteiger partial charge in [0, 0.05) is 23.8 Å². The van der Waals surface area contributed by atoms with Crippen molar-refractivity contribution in [3.63, 3.8) is 0 Å². The summed E-state index contributed by atoms with van der Waals surface area (Å²) in [6.45, 7) is 7.33. The number of aromatic nitrogens is 2. The normalized spacial score (nSPS) is 24.9. The first-order valence-electron chi connectivity index (χ1n) is 7.15. The summed E-state index contributed by atoms with van der Waals surface area (Å²) in [5, 5.41) is 5.40. The van der Waals surface area contributed by atoms with E-state index >= 15 is 0 Å². The molecule has 0 spiro atoms. The Labute approximate surface area is 125 Å². The molecule has 1 aliphatic rings. The Hall–Kier alpha value is -0.190. The van der Waals surface area contributed by atoms with Crippen molar-refractivity contribution in [2.75, 3.05) is 5.75 Å². The predicted octanol–water partition coefficient (Wildman–Crippen LogP) is 3.27. The first-order chi connectivity index (χ1) is 9.01. The van der Waals surface area contributed by atoms with Gasteiger partial charge in [0.05, 0.1) is 16.4 Å². The number of hydrogen-bond donors (Lipinski definition) is 1. The minimum atomic E-state index is 0.143. The van der Waals surface area contributed by atoms with Crippen LogP contribution in [-0.2, 0) is 19.4 Å². The molecular formula is C14H24ClN3S. The Morgan fingerprint density at radius 1 is 1.53 bits per heavy atom. The van der Waals surface area contributed by atoms with E-state index in [1.807, 2.05) is 16.4 Å². The third-order valence-electron chi connectivity index (χ3n) is 4.14. The summed E-state index contributed by atoms with van der Waals surface area (Å²) in [5.74, 6) is 1.23. The molecule has 3 nitrogen and oxygen atoms in total. The second-order valence-corrected chi connectivity index (χ2v) is 7.46. The van der Waals surface area contributed by atoms with Gasteiger partial charge in [0.2, 0.25) is 0 Å². The maximum absolute atomic E-state index is 6.47. The molecule has 1 saturated heterocycles. The zero-order valence-corrected chi connectivity index (χ0v) is 13.7. The Balaban J connectivity index is 2.20. The fourth-order valence-corrected chi connectivity index (χ4v) is 4.42. The highest BCUT2D eigenvalue weighted by Gasteiger charge is 2.36.